The molecule has 0 aliphatic carbocycles. The maximum absolute atomic E-state index is 11.4. The molecule has 1 aromatic heterocycles. The van der Waals surface area contributed by atoms with Gasteiger partial charge in [0.15, 0.2) is 6.04 Å². The largest absolute Gasteiger partial charge is 0.464 e. The highest BCUT2D eigenvalue weighted by Gasteiger charge is 2.22. The molecule has 1 unspecified atom stereocenters. The molecule has 1 aromatic rings. The number of hydrogen-bond acceptors (Lipinski definition) is 5. The van der Waals surface area contributed by atoms with Crippen LogP contribution in [0.5, 0.6) is 0 Å². The molecule has 0 radical (unpaired) electrons. The molecule has 0 aliphatic rings. The zero-order valence-electron chi connectivity index (χ0n) is 8.93. The van der Waals surface area contributed by atoms with Crippen molar-refractivity contribution in [3.63, 3.8) is 0 Å². The van der Waals surface area contributed by atoms with Crippen LogP contribution in [0.4, 0.5) is 0 Å². The van der Waals surface area contributed by atoms with Crippen molar-refractivity contribution in [2.24, 2.45) is 5.73 Å². The van der Waals surface area contributed by atoms with E-state index < -0.39 is 17.9 Å². The highest BCUT2D eigenvalue weighted by atomic mass is 32.1. The van der Waals surface area contributed by atoms with Gasteiger partial charge in [-0.1, -0.05) is 6.07 Å². The molecule has 1 heterocycles. The molecule has 16 heavy (non-hydrogen) atoms. The van der Waals surface area contributed by atoms with Crippen molar-refractivity contribution in [3.05, 3.63) is 22.4 Å². The molecule has 1 rings (SSSR count). The van der Waals surface area contributed by atoms with Crippen LogP contribution in [0.3, 0.4) is 0 Å². The lowest BCUT2D eigenvalue weighted by Gasteiger charge is -2.10. The molecule has 1 amide bonds. The van der Waals surface area contributed by atoms with E-state index in [1.807, 2.05) is 17.5 Å². The van der Waals surface area contributed by atoms with Crippen molar-refractivity contribution in [3.8, 4) is 0 Å². The third kappa shape index (κ3) is 3.63. The minimum atomic E-state index is -1.25. The Morgan fingerprint density at radius 1 is 1.62 bits per heavy atom. The summed E-state index contributed by atoms with van der Waals surface area (Å²) in [7, 11) is 0. The predicted molar refractivity (Wildman–Crippen MR) is 60.8 cm³/mol. The molecule has 0 spiro atoms. The molecular formula is C10H14N2O3S. The number of thiophene rings is 1. The third-order valence-corrected chi connectivity index (χ3v) is 2.72. The first-order valence-corrected chi connectivity index (χ1v) is 5.75. The van der Waals surface area contributed by atoms with Gasteiger partial charge >= 0.3 is 5.97 Å². The number of rotatable bonds is 5. The summed E-state index contributed by atoms with van der Waals surface area (Å²) in [4.78, 5) is 23.6. The second-order valence-electron chi connectivity index (χ2n) is 3.03. The SMILES string of the molecule is CCOC(=O)C(N)C(=O)NCc1cccs1. The Bertz CT molecular complexity index is 351. The van der Waals surface area contributed by atoms with Crippen molar-refractivity contribution in [1.29, 1.82) is 0 Å². The smallest absolute Gasteiger partial charge is 0.332 e. The fourth-order valence-electron chi connectivity index (χ4n) is 1.04. The van der Waals surface area contributed by atoms with Crippen LogP contribution in [-0.4, -0.2) is 24.5 Å². The highest BCUT2D eigenvalue weighted by Crippen LogP contribution is 2.07. The second kappa shape index (κ2) is 6.24. The lowest BCUT2D eigenvalue weighted by molar-refractivity contribution is -0.148. The van der Waals surface area contributed by atoms with Gasteiger partial charge < -0.3 is 15.8 Å². The van der Waals surface area contributed by atoms with E-state index in [1.54, 1.807) is 6.92 Å². The highest BCUT2D eigenvalue weighted by molar-refractivity contribution is 7.09. The van der Waals surface area contributed by atoms with Crippen LogP contribution < -0.4 is 11.1 Å². The van der Waals surface area contributed by atoms with Crippen LogP contribution in [-0.2, 0) is 20.9 Å². The van der Waals surface area contributed by atoms with Gasteiger partial charge in [-0.3, -0.25) is 4.79 Å². The Balaban J connectivity index is 2.37. The van der Waals surface area contributed by atoms with Gasteiger partial charge in [-0.2, -0.15) is 0 Å². The minimum Gasteiger partial charge on any atom is -0.464 e. The molecule has 6 heteroatoms. The number of amides is 1. The number of ether oxygens (including phenoxy) is 1. The molecular weight excluding hydrogens is 228 g/mol. The zero-order chi connectivity index (χ0) is 12.0. The molecule has 0 saturated heterocycles. The van der Waals surface area contributed by atoms with Crippen LogP contribution in [0.25, 0.3) is 0 Å². The van der Waals surface area contributed by atoms with Crippen LogP contribution in [0.2, 0.25) is 0 Å². The maximum atomic E-state index is 11.4. The first-order valence-electron chi connectivity index (χ1n) is 4.87. The summed E-state index contributed by atoms with van der Waals surface area (Å²) in [6, 6.07) is 2.53. The third-order valence-electron chi connectivity index (χ3n) is 1.84. The quantitative estimate of drug-likeness (QED) is 0.573. The molecule has 3 N–H and O–H groups in total. The van der Waals surface area contributed by atoms with Crippen molar-refractivity contribution >= 4 is 23.2 Å². The monoisotopic (exact) mass is 242 g/mol. The molecule has 0 aliphatic heterocycles. The number of hydrogen-bond donors (Lipinski definition) is 2. The summed E-state index contributed by atoms with van der Waals surface area (Å²) in [5.74, 6) is -1.22. The van der Waals surface area contributed by atoms with E-state index in [0.717, 1.165) is 4.88 Å². The Labute approximate surface area is 97.6 Å². The summed E-state index contributed by atoms with van der Waals surface area (Å²) in [5.41, 5.74) is 5.40. The van der Waals surface area contributed by atoms with Gasteiger partial charge in [-0.05, 0) is 18.4 Å². The zero-order valence-corrected chi connectivity index (χ0v) is 9.75. The van der Waals surface area contributed by atoms with Crippen molar-refractivity contribution in [2.45, 2.75) is 19.5 Å². The molecule has 0 aromatic carbocycles. The number of carbonyl (C=O) groups is 2. The summed E-state index contributed by atoms with van der Waals surface area (Å²) in [6.07, 6.45) is 0. The Morgan fingerprint density at radius 2 is 2.38 bits per heavy atom. The summed E-state index contributed by atoms with van der Waals surface area (Å²) in [5, 5.41) is 4.48. The molecule has 1 atom stereocenters. The fourth-order valence-corrected chi connectivity index (χ4v) is 1.68. The van der Waals surface area contributed by atoms with E-state index in [2.05, 4.69) is 10.1 Å². The Kier molecular flexibility index (Phi) is 4.94. The van der Waals surface area contributed by atoms with E-state index in [-0.39, 0.29) is 6.61 Å². The predicted octanol–water partition coefficient (Wildman–Crippen LogP) is 0.255. The maximum Gasteiger partial charge on any atom is 0.332 e. The van der Waals surface area contributed by atoms with E-state index in [1.165, 1.54) is 11.3 Å². The normalized spacial score (nSPS) is 11.9. The lowest BCUT2D eigenvalue weighted by atomic mass is 10.3. The van der Waals surface area contributed by atoms with E-state index in [4.69, 9.17) is 5.73 Å². The second-order valence-corrected chi connectivity index (χ2v) is 4.06. The average molecular weight is 242 g/mol. The molecule has 5 nitrogen and oxygen atoms in total. The minimum absolute atomic E-state index is 0.213. The first-order chi connectivity index (χ1) is 7.65. The van der Waals surface area contributed by atoms with Gasteiger partial charge in [0, 0.05) is 4.88 Å². The van der Waals surface area contributed by atoms with Crippen LogP contribution >= 0.6 is 11.3 Å². The van der Waals surface area contributed by atoms with Crippen molar-refractivity contribution in [1.82, 2.24) is 5.32 Å². The fraction of sp³-hybridized carbons (Fsp3) is 0.400. The van der Waals surface area contributed by atoms with Crippen LogP contribution in [0.1, 0.15) is 11.8 Å². The van der Waals surface area contributed by atoms with Gasteiger partial charge in [-0.25, -0.2) is 4.79 Å². The van der Waals surface area contributed by atoms with Gasteiger partial charge in [0.1, 0.15) is 0 Å². The Hall–Kier alpha value is -1.40. The van der Waals surface area contributed by atoms with Gasteiger partial charge in [-0.15, -0.1) is 11.3 Å². The Morgan fingerprint density at radius 3 is 2.94 bits per heavy atom. The molecule has 0 fully saturated rings. The number of esters is 1. The summed E-state index contributed by atoms with van der Waals surface area (Å²) >= 11 is 1.52. The molecule has 0 bridgehead atoms. The van der Waals surface area contributed by atoms with E-state index in [9.17, 15) is 9.59 Å². The topological polar surface area (TPSA) is 81.4 Å². The number of nitrogens with two attached hydrogens (primary N) is 1. The number of carbonyl (C=O) groups excluding carboxylic acids is 2. The molecule has 88 valence electrons. The lowest BCUT2D eigenvalue weighted by Crippen LogP contribution is -2.46. The van der Waals surface area contributed by atoms with Crippen molar-refractivity contribution < 1.29 is 14.3 Å². The molecule has 0 saturated carbocycles. The van der Waals surface area contributed by atoms with Crippen LogP contribution in [0.15, 0.2) is 17.5 Å². The average Bonchev–Trinajstić information content (AvgIpc) is 2.78. The number of nitrogens with one attached hydrogen (secondary N) is 1. The van der Waals surface area contributed by atoms with Crippen molar-refractivity contribution in [2.75, 3.05) is 6.61 Å². The van der Waals surface area contributed by atoms with Gasteiger partial charge in [0.2, 0.25) is 5.91 Å². The standard InChI is InChI=1S/C10H14N2O3S/c1-2-15-10(14)8(11)9(13)12-6-7-4-3-5-16-7/h3-5,8H,2,6,11H2,1H3,(H,12,13). The van der Waals surface area contributed by atoms with Gasteiger partial charge in [0.05, 0.1) is 13.2 Å². The summed E-state index contributed by atoms with van der Waals surface area (Å²) in [6.45, 7) is 2.25. The summed E-state index contributed by atoms with van der Waals surface area (Å²) < 4.78 is 4.64. The van der Waals surface area contributed by atoms with Gasteiger partial charge in [0.25, 0.3) is 0 Å². The van der Waals surface area contributed by atoms with Crippen LogP contribution in [0, 0.1) is 0 Å². The first kappa shape index (κ1) is 12.7. The van der Waals surface area contributed by atoms with E-state index >= 15 is 0 Å². The van der Waals surface area contributed by atoms with E-state index in [0.29, 0.717) is 6.54 Å².